The molecule has 1 amide bonds. The van der Waals surface area contributed by atoms with E-state index in [2.05, 4.69) is 15.5 Å². The van der Waals surface area contributed by atoms with Crippen molar-refractivity contribution in [2.24, 2.45) is 0 Å². The van der Waals surface area contributed by atoms with Crippen LogP contribution in [-0.2, 0) is 4.79 Å². The number of hydrogen-bond acceptors (Lipinski definition) is 5. The third-order valence-corrected chi connectivity index (χ3v) is 5.46. The fourth-order valence-corrected chi connectivity index (χ4v) is 4.00. The van der Waals surface area contributed by atoms with Crippen LogP contribution < -0.4 is 5.32 Å². The van der Waals surface area contributed by atoms with Crippen molar-refractivity contribution in [1.29, 1.82) is 0 Å². The Labute approximate surface area is 164 Å². The average molecular weight is 401 g/mol. The van der Waals surface area contributed by atoms with Crippen molar-refractivity contribution in [1.82, 2.24) is 14.6 Å². The number of benzene rings is 1. The number of thioether (sulfide) groups is 1. The van der Waals surface area contributed by atoms with Crippen molar-refractivity contribution in [3.05, 3.63) is 52.5 Å². The summed E-state index contributed by atoms with van der Waals surface area (Å²) >= 11 is 7.50. The van der Waals surface area contributed by atoms with Gasteiger partial charge >= 0.3 is 0 Å². The Kier molecular flexibility index (Phi) is 4.57. The third kappa shape index (κ3) is 3.40. The van der Waals surface area contributed by atoms with Crippen LogP contribution in [0.15, 0.2) is 39.8 Å². The highest BCUT2D eigenvalue weighted by molar-refractivity contribution is 8.00. The first-order valence-corrected chi connectivity index (χ1v) is 9.72. The molecule has 8 heteroatoms. The molecule has 0 unspecified atom stereocenters. The average Bonchev–Trinajstić information content (AvgIpc) is 3.13. The smallest absolute Gasteiger partial charge is 0.234 e. The monoisotopic (exact) mass is 400 g/mol. The standard InChI is InChI=1S/C19H17ClN4O2S/c1-10-4-5-14(13(20)6-10)21-18(25)9-27-19-16-8-17-15(7-11(2)26-17)24(16)12(3)22-23-19/h4-8H,9H2,1-3H3,(H,21,25). The van der Waals surface area contributed by atoms with E-state index in [4.69, 9.17) is 16.0 Å². The molecule has 0 saturated carbocycles. The lowest BCUT2D eigenvalue weighted by Gasteiger charge is -2.08. The predicted octanol–water partition coefficient (Wildman–Crippen LogP) is 4.78. The van der Waals surface area contributed by atoms with Gasteiger partial charge in [0, 0.05) is 12.1 Å². The summed E-state index contributed by atoms with van der Waals surface area (Å²) < 4.78 is 7.71. The van der Waals surface area contributed by atoms with E-state index in [-0.39, 0.29) is 11.7 Å². The summed E-state index contributed by atoms with van der Waals surface area (Å²) in [6.45, 7) is 5.75. The third-order valence-electron chi connectivity index (χ3n) is 4.18. The van der Waals surface area contributed by atoms with Gasteiger partial charge in [0.1, 0.15) is 16.6 Å². The molecular weight excluding hydrogens is 384 g/mol. The number of nitrogens with one attached hydrogen (secondary N) is 1. The fourth-order valence-electron chi connectivity index (χ4n) is 2.98. The molecule has 0 aliphatic heterocycles. The molecule has 3 aromatic heterocycles. The van der Waals surface area contributed by atoms with E-state index in [0.717, 1.165) is 33.8 Å². The molecule has 4 rings (SSSR count). The zero-order valence-corrected chi connectivity index (χ0v) is 16.6. The first-order valence-electron chi connectivity index (χ1n) is 8.36. The molecule has 0 atom stereocenters. The van der Waals surface area contributed by atoms with Gasteiger partial charge in [0.25, 0.3) is 0 Å². The van der Waals surface area contributed by atoms with Crippen LogP contribution in [-0.4, -0.2) is 26.3 Å². The largest absolute Gasteiger partial charge is 0.460 e. The highest BCUT2D eigenvalue weighted by atomic mass is 35.5. The summed E-state index contributed by atoms with van der Waals surface area (Å²) in [6.07, 6.45) is 0. The van der Waals surface area contributed by atoms with Crippen molar-refractivity contribution in [2.45, 2.75) is 25.8 Å². The number of aromatic nitrogens is 3. The van der Waals surface area contributed by atoms with Crippen molar-refractivity contribution in [3.8, 4) is 0 Å². The first-order chi connectivity index (χ1) is 12.9. The molecule has 1 aromatic carbocycles. The Hall–Kier alpha value is -2.51. The predicted molar refractivity (Wildman–Crippen MR) is 108 cm³/mol. The quantitative estimate of drug-likeness (QED) is 0.499. The summed E-state index contributed by atoms with van der Waals surface area (Å²) in [7, 11) is 0. The number of furan rings is 1. The maximum absolute atomic E-state index is 12.3. The number of fused-ring (bicyclic) bond motifs is 3. The summed E-state index contributed by atoms with van der Waals surface area (Å²) in [4.78, 5) is 12.3. The molecule has 138 valence electrons. The van der Waals surface area contributed by atoms with Crippen molar-refractivity contribution < 1.29 is 9.21 Å². The summed E-state index contributed by atoms with van der Waals surface area (Å²) in [6, 6.07) is 9.42. The molecule has 1 N–H and O–H groups in total. The van der Waals surface area contributed by atoms with Crippen LogP contribution >= 0.6 is 23.4 Å². The summed E-state index contributed by atoms with van der Waals surface area (Å²) in [5.74, 6) is 1.65. The van der Waals surface area contributed by atoms with Gasteiger partial charge in [-0.05, 0) is 38.5 Å². The zero-order chi connectivity index (χ0) is 19.1. The molecular formula is C19H17ClN4O2S. The van der Waals surface area contributed by atoms with Gasteiger partial charge in [-0.1, -0.05) is 29.4 Å². The van der Waals surface area contributed by atoms with Crippen LogP contribution in [0.25, 0.3) is 16.6 Å². The van der Waals surface area contributed by atoms with Gasteiger partial charge in [0.05, 0.1) is 27.5 Å². The van der Waals surface area contributed by atoms with E-state index >= 15 is 0 Å². The minimum absolute atomic E-state index is 0.155. The normalized spacial score (nSPS) is 11.4. The van der Waals surface area contributed by atoms with Crippen molar-refractivity contribution >= 4 is 51.6 Å². The molecule has 0 bridgehead atoms. The molecule has 6 nitrogen and oxygen atoms in total. The molecule has 0 saturated heterocycles. The number of halogens is 1. The highest BCUT2D eigenvalue weighted by Gasteiger charge is 2.16. The lowest BCUT2D eigenvalue weighted by atomic mass is 10.2. The van der Waals surface area contributed by atoms with Crippen LogP contribution in [0.4, 0.5) is 5.69 Å². The molecule has 3 heterocycles. The minimum Gasteiger partial charge on any atom is -0.460 e. The molecule has 0 aliphatic carbocycles. The van der Waals surface area contributed by atoms with E-state index in [1.807, 2.05) is 49.4 Å². The Morgan fingerprint density at radius 1 is 1.19 bits per heavy atom. The number of rotatable bonds is 4. The lowest BCUT2D eigenvalue weighted by molar-refractivity contribution is -0.113. The second-order valence-corrected chi connectivity index (χ2v) is 7.72. The SMILES string of the molecule is Cc1ccc(NC(=O)CSc2nnc(C)n3c2cc2oc(C)cc23)c(Cl)c1. The number of hydrogen-bond donors (Lipinski definition) is 1. The van der Waals surface area contributed by atoms with E-state index in [0.29, 0.717) is 15.7 Å². The zero-order valence-electron chi connectivity index (χ0n) is 15.0. The highest BCUT2D eigenvalue weighted by Crippen LogP contribution is 2.30. The summed E-state index contributed by atoms with van der Waals surface area (Å²) in [5, 5.41) is 12.5. The van der Waals surface area contributed by atoms with E-state index in [1.54, 1.807) is 6.07 Å². The molecule has 4 aromatic rings. The van der Waals surface area contributed by atoms with E-state index in [9.17, 15) is 4.79 Å². The number of carbonyl (C=O) groups excluding carboxylic acids is 1. The van der Waals surface area contributed by atoms with Crippen LogP contribution in [0.3, 0.4) is 0 Å². The van der Waals surface area contributed by atoms with Crippen LogP contribution in [0.1, 0.15) is 17.1 Å². The molecule has 0 fully saturated rings. The number of nitrogens with zero attached hydrogens (tertiary/aromatic N) is 3. The van der Waals surface area contributed by atoms with Gasteiger partial charge in [-0.2, -0.15) is 0 Å². The van der Waals surface area contributed by atoms with Gasteiger partial charge in [-0.15, -0.1) is 10.2 Å². The van der Waals surface area contributed by atoms with Gasteiger partial charge in [0.2, 0.25) is 5.91 Å². The fraction of sp³-hybridized carbons (Fsp3) is 0.211. The minimum atomic E-state index is -0.155. The van der Waals surface area contributed by atoms with Crippen LogP contribution in [0, 0.1) is 20.8 Å². The molecule has 27 heavy (non-hydrogen) atoms. The van der Waals surface area contributed by atoms with E-state index in [1.165, 1.54) is 11.8 Å². The van der Waals surface area contributed by atoms with Crippen LogP contribution in [0.2, 0.25) is 5.02 Å². The van der Waals surface area contributed by atoms with E-state index < -0.39 is 0 Å². The topological polar surface area (TPSA) is 72.4 Å². The number of anilines is 1. The van der Waals surface area contributed by atoms with Crippen molar-refractivity contribution in [3.63, 3.8) is 0 Å². The number of amides is 1. The van der Waals surface area contributed by atoms with Gasteiger partial charge in [-0.25, -0.2) is 0 Å². The lowest BCUT2D eigenvalue weighted by Crippen LogP contribution is -2.14. The van der Waals surface area contributed by atoms with Crippen molar-refractivity contribution in [2.75, 3.05) is 11.1 Å². The molecule has 0 radical (unpaired) electrons. The maximum atomic E-state index is 12.3. The number of aryl methyl sites for hydroxylation is 3. The Morgan fingerprint density at radius 2 is 2.00 bits per heavy atom. The first kappa shape index (κ1) is 17.9. The number of carbonyl (C=O) groups is 1. The summed E-state index contributed by atoms with van der Waals surface area (Å²) in [5.41, 5.74) is 4.25. The van der Waals surface area contributed by atoms with Gasteiger partial charge in [-0.3, -0.25) is 9.20 Å². The van der Waals surface area contributed by atoms with Gasteiger partial charge in [0.15, 0.2) is 5.58 Å². The molecule has 0 aliphatic rings. The Bertz CT molecular complexity index is 1180. The second-order valence-electron chi connectivity index (χ2n) is 6.34. The Morgan fingerprint density at radius 3 is 2.78 bits per heavy atom. The second kappa shape index (κ2) is 6.90. The van der Waals surface area contributed by atoms with Gasteiger partial charge < -0.3 is 9.73 Å². The van der Waals surface area contributed by atoms with Crippen LogP contribution in [0.5, 0.6) is 0 Å². The molecule has 0 spiro atoms. The maximum Gasteiger partial charge on any atom is 0.234 e. The Balaban J connectivity index is 1.56.